The number of piperidine rings is 1. The molecular weight excluding hydrogens is 459 g/mol. The van der Waals surface area contributed by atoms with E-state index in [-0.39, 0.29) is 24.0 Å². The van der Waals surface area contributed by atoms with E-state index in [0.29, 0.717) is 25.6 Å². The Hall–Kier alpha value is -0.390. The highest BCUT2D eigenvalue weighted by atomic mass is 127. The number of rotatable bonds is 6. The van der Waals surface area contributed by atoms with Crippen molar-refractivity contribution in [3.63, 3.8) is 0 Å². The molecule has 2 heterocycles. The molecule has 0 atom stereocenters. The van der Waals surface area contributed by atoms with Crippen molar-refractivity contribution >= 4 is 51.3 Å². The van der Waals surface area contributed by atoms with Crippen LogP contribution in [0, 0.1) is 5.92 Å². The van der Waals surface area contributed by atoms with Gasteiger partial charge in [0.05, 0.1) is 12.8 Å². The van der Waals surface area contributed by atoms with Gasteiger partial charge < -0.3 is 10.6 Å². The fourth-order valence-corrected chi connectivity index (χ4v) is 4.09. The lowest BCUT2D eigenvalue weighted by Crippen LogP contribution is -2.44. The van der Waals surface area contributed by atoms with E-state index in [2.05, 4.69) is 27.1 Å². The Morgan fingerprint density at radius 2 is 2.08 bits per heavy atom. The molecule has 0 aromatic carbocycles. The number of sulfonamides is 1. The first kappa shape index (κ1) is 21.7. The maximum absolute atomic E-state index is 11.5. The molecule has 1 aromatic heterocycles. The van der Waals surface area contributed by atoms with Crippen molar-refractivity contribution in [1.29, 1.82) is 0 Å². The summed E-state index contributed by atoms with van der Waals surface area (Å²) in [5.41, 5.74) is 0. The van der Waals surface area contributed by atoms with Gasteiger partial charge in [0.25, 0.3) is 0 Å². The number of aliphatic imine (C=N–C) groups is 1. The molecule has 0 spiro atoms. The zero-order chi connectivity index (χ0) is 16.7. The van der Waals surface area contributed by atoms with Crippen LogP contribution in [-0.4, -0.2) is 51.1 Å². The number of nitrogens with one attached hydrogen (secondary N) is 2. The number of halogens is 1. The highest BCUT2D eigenvalue weighted by Crippen LogP contribution is 2.18. The summed E-state index contributed by atoms with van der Waals surface area (Å²) in [7, 11) is -3.04. The van der Waals surface area contributed by atoms with Crippen LogP contribution in [0.15, 0.2) is 22.5 Å². The van der Waals surface area contributed by atoms with Crippen LogP contribution >= 0.6 is 35.3 Å². The van der Waals surface area contributed by atoms with Gasteiger partial charge in [-0.1, -0.05) is 6.07 Å². The predicted molar refractivity (Wildman–Crippen MR) is 112 cm³/mol. The van der Waals surface area contributed by atoms with Crippen molar-refractivity contribution in [3.8, 4) is 0 Å². The zero-order valence-corrected chi connectivity index (χ0v) is 18.2. The summed E-state index contributed by atoms with van der Waals surface area (Å²) >= 11 is 1.71. The van der Waals surface area contributed by atoms with E-state index in [0.717, 1.165) is 31.9 Å². The van der Waals surface area contributed by atoms with Crippen LogP contribution < -0.4 is 10.6 Å². The van der Waals surface area contributed by atoms with E-state index in [1.807, 2.05) is 13.0 Å². The monoisotopic (exact) mass is 486 g/mol. The van der Waals surface area contributed by atoms with Gasteiger partial charge in [-0.25, -0.2) is 17.7 Å². The number of thiophene rings is 1. The summed E-state index contributed by atoms with van der Waals surface area (Å²) < 4.78 is 24.6. The molecule has 1 saturated heterocycles. The van der Waals surface area contributed by atoms with E-state index in [1.165, 1.54) is 11.1 Å². The van der Waals surface area contributed by atoms with E-state index in [4.69, 9.17) is 0 Å². The van der Waals surface area contributed by atoms with E-state index in [9.17, 15) is 8.42 Å². The maximum atomic E-state index is 11.5. The Morgan fingerprint density at radius 3 is 2.62 bits per heavy atom. The van der Waals surface area contributed by atoms with Crippen LogP contribution in [0.4, 0.5) is 0 Å². The average Bonchev–Trinajstić information content (AvgIpc) is 3.03. The van der Waals surface area contributed by atoms with Crippen LogP contribution in [0.1, 0.15) is 24.6 Å². The second-order valence-corrected chi connectivity index (χ2v) is 8.78. The smallest absolute Gasteiger partial charge is 0.211 e. The lowest BCUT2D eigenvalue weighted by molar-refractivity contribution is 0.275. The van der Waals surface area contributed by atoms with Gasteiger partial charge in [-0.2, -0.15) is 0 Å². The molecule has 9 heteroatoms. The normalized spacial score (nSPS) is 17.3. The van der Waals surface area contributed by atoms with Gasteiger partial charge in [0.2, 0.25) is 10.0 Å². The number of guanidine groups is 1. The van der Waals surface area contributed by atoms with Crippen LogP contribution in [0.25, 0.3) is 0 Å². The molecule has 0 aliphatic carbocycles. The van der Waals surface area contributed by atoms with Crippen LogP contribution in [0.3, 0.4) is 0 Å². The Morgan fingerprint density at radius 1 is 1.38 bits per heavy atom. The largest absolute Gasteiger partial charge is 0.357 e. The molecule has 0 bridgehead atoms. The first-order chi connectivity index (χ1) is 11.0. The number of nitrogens with zero attached hydrogens (tertiary/aromatic N) is 2. The SMILES string of the molecule is CCNC(=NCc1cccs1)NCC1CCN(S(C)(=O)=O)CC1.I. The first-order valence-electron chi connectivity index (χ1n) is 7.98. The second kappa shape index (κ2) is 10.6. The maximum Gasteiger partial charge on any atom is 0.211 e. The van der Waals surface area contributed by atoms with Crippen molar-refractivity contribution < 1.29 is 8.42 Å². The molecule has 1 aliphatic heterocycles. The summed E-state index contributed by atoms with van der Waals surface area (Å²) in [5.74, 6) is 1.31. The van der Waals surface area contributed by atoms with Crippen LogP contribution in [0.5, 0.6) is 0 Å². The van der Waals surface area contributed by atoms with Gasteiger partial charge in [0, 0.05) is 31.1 Å². The molecule has 0 amide bonds. The number of hydrogen-bond donors (Lipinski definition) is 2. The summed E-state index contributed by atoms with van der Waals surface area (Å²) in [5, 5.41) is 8.69. The highest BCUT2D eigenvalue weighted by Gasteiger charge is 2.24. The van der Waals surface area contributed by atoms with Crippen LogP contribution in [-0.2, 0) is 16.6 Å². The molecule has 6 nitrogen and oxygen atoms in total. The molecule has 138 valence electrons. The van der Waals surface area contributed by atoms with Crippen molar-refractivity contribution in [1.82, 2.24) is 14.9 Å². The minimum atomic E-state index is -3.04. The molecule has 1 fully saturated rings. The van der Waals surface area contributed by atoms with Crippen molar-refractivity contribution in [3.05, 3.63) is 22.4 Å². The third-order valence-corrected chi connectivity index (χ3v) is 6.08. The summed E-state index contributed by atoms with van der Waals surface area (Å²) in [4.78, 5) is 5.83. The van der Waals surface area contributed by atoms with E-state index >= 15 is 0 Å². The molecule has 2 rings (SSSR count). The minimum Gasteiger partial charge on any atom is -0.357 e. The number of hydrogen-bond acceptors (Lipinski definition) is 4. The van der Waals surface area contributed by atoms with Crippen LogP contribution in [0.2, 0.25) is 0 Å². The topological polar surface area (TPSA) is 73.8 Å². The second-order valence-electron chi connectivity index (χ2n) is 5.76. The molecule has 0 saturated carbocycles. The lowest BCUT2D eigenvalue weighted by atomic mass is 9.98. The fraction of sp³-hybridized carbons (Fsp3) is 0.667. The fourth-order valence-electron chi connectivity index (χ4n) is 2.59. The van der Waals surface area contributed by atoms with Gasteiger partial charge in [-0.3, -0.25) is 0 Å². The van der Waals surface area contributed by atoms with E-state index in [1.54, 1.807) is 15.6 Å². The summed E-state index contributed by atoms with van der Waals surface area (Å²) in [6.45, 7) is 5.62. The molecule has 24 heavy (non-hydrogen) atoms. The third-order valence-electron chi connectivity index (χ3n) is 3.92. The van der Waals surface area contributed by atoms with Gasteiger partial charge in [-0.05, 0) is 37.1 Å². The van der Waals surface area contributed by atoms with Gasteiger partial charge in [0.1, 0.15) is 0 Å². The van der Waals surface area contributed by atoms with Crippen molar-refractivity contribution in [2.24, 2.45) is 10.9 Å². The van der Waals surface area contributed by atoms with Gasteiger partial charge >= 0.3 is 0 Å². The highest BCUT2D eigenvalue weighted by molar-refractivity contribution is 14.0. The molecular formula is C15H27IN4O2S2. The average molecular weight is 486 g/mol. The van der Waals surface area contributed by atoms with Gasteiger partial charge in [-0.15, -0.1) is 35.3 Å². The summed E-state index contributed by atoms with van der Waals surface area (Å²) in [6, 6.07) is 4.12. The Balaban J connectivity index is 0.00000288. The predicted octanol–water partition coefficient (Wildman–Crippen LogP) is 2.09. The van der Waals surface area contributed by atoms with Crippen molar-refractivity contribution in [2.75, 3.05) is 32.4 Å². The molecule has 0 unspecified atom stereocenters. The Labute approximate surface area is 166 Å². The quantitative estimate of drug-likeness (QED) is 0.367. The minimum absolute atomic E-state index is 0. The Kier molecular flexibility index (Phi) is 9.53. The van der Waals surface area contributed by atoms with Gasteiger partial charge in [0.15, 0.2) is 5.96 Å². The molecule has 1 aliphatic rings. The molecule has 0 radical (unpaired) electrons. The molecule has 2 N–H and O–H groups in total. The lowest BCUT2D eigenvalue weighted by Gasteiger charge is -2.30. The zero-order valence-electron chi connectivity index (χ0n) is 14.2. The standard InChI is InChI=1S/C15H26N4O2S2.HI/c1-3-16-15(18-12-14-5-4-10-22-14)17-11-13-6-8-19(9-7-13)23(2,20)21;/h4-5,10,13H,3,6-9,11-12H2,1-2H3,(H2,16,17,18);1H. The third kappa shape index (κ3) is 7.24. The molecule has 1 aromatic rings. The first-order valence-corrected chi connectivity index (χ1v) is 10.7. The Bertz CT molecular complexity index is 597. The van der Waals surface area contributed by atoms with Crippen molar-refractivity contribution in [2.45, 2.75) is 26.3 Å². The van der Waals surface area contributed by atoms with E-state index < -0.39 is 10.0 Å². The summed E-state index contributed by atoms with van der Waals surface area (Å²) in [6.07, 6.45) is 3.07.